The summed E-state index contributed by atoms with van der Waals surface area (Å²) in [7, 11) is -0.443. The van der Waals surface area contributed by atoms with Gasteiger partial charge in [-0.3, -0.25) is 4.78 Å². The highest BCUT2D eigenvalue weighted by Gasteiger charge is 1.77. The maximum atomic E-state index is 7.39. The minimum absolute atomic E-state index is 0.443. The molecule has 1 aliphatic rings. The molecule has 1 rings (SSSR count). The van der Waals surface area contributed by atoms with Gasteiger partial charge in [0.05, 0.1) is 0 Å². The zero-order chi connectivity index (χ0) is 7.23. The lowest BCUT2D eigenvalue weighted by Crippen LogP contribution is -1.68. The molecule has 0 aromatic carbocycles. The van der Waals surface area contributed by atoms with E-state index in [2.05, 4.69) is 0 Å². The highest BCUT2D eigenvalue weighted by Crippen LogP contribution is 1.93. The van der Waals surface area contributed by atoms with Gasteiger partial charge >= 0.3 is 0 Å². The highest BCUT2D eigenvalue weighted by molar-refractivity contribution is 7.91. The Hall–Kier alpha value is -0.890. The zero-order valence-corrected chi connectivity index (χ0v) is 6.34. The lowest BCUT2D eigenvalue weighted by atomic mass is 10.4. The van der Waals surface area contributed by atoms with Crippen LogP contribution in [0.4, 0.5) is 0 Å². The van der Waals surface area contributed by atoms with E-state index in [1.165, 1.54) is 0 Å². The van der Waals surface area contributed by atoms with Gasteiger partial charge in [0.2, 0.25) is 0 Å². The predicted molar refractivity (Wildman–Crippen MR) is 46.6 cm³/mol. The van der Waals surface area contributed by atoms with E-state index in [1.54, 1.807) is 0 Å². The molecule has 0 fully saturated rings. The van der Waals surface area contributed by atoms with Crippen molar-refractivity contribution in [1.82, 2.24) is 0 Å². The minimum atomic E-state index is -0.443. The number of allylic oxidation sites excluding steroid dienone is 6. The molecule has 1 nitrogen and oxygen atoms in total. The van der Waals surface area contributed by atoms with Crippen LogP contribution < -0.4 is 0 Å². The van der Waals surface area contributed by atoms with Crippen molar-refractivity contribution in [2.75, 3.05) is 0 Å². The first-order chi connectivity index (χ1) is 4.89. The molecule has 0 spiro atoms. The number of nitrogens with one attached hydrogen (secondary N) is 1. The summed E-state index contributed by atoms with van der Waals surface area (Å²) >= 11 is 0. The standard InChI is InChI=1S/C8H9NS/c9-10-7-5-3-1-2-4-6-8-10/h1-9H. The van der Waals surface area contributed by atoms with Crippen LogP contribution in [0.5, 0.6) is 0 Å². The lowest BCUT2D eigenvalue weighted by molar-refractivity contribution is 1.64. The molecule has 2 heteroatoms. The lowest BCUT2D eigenvalue weighted by Gasteiger charge is -1.83. The van der Waals surface area contributed by atoms with Crippen molar-refractivity contribution < 1.29 is 0 Å². The summed E-state index contributed by atoms with van der Waals surface area (Å²) in [5, 5.41) is 3.72. The topological polar surface area (TPSA) is 23.9 Å². The Kier molecular flexibility index (Phi) is 2.90. The molecule has 0 aromatic heterocycles. The molecule has 0 unspecified atom stereocenters. The molecular formula is C8H9NS. The fourth-order valence-corrected chi connectivity index (χ4v) is 1.17. The molecule has 1 N–H and O–H groups in total. The summed E-state index contributed by atoms with van der Waals surface area (Å²) in [5.41, 5.74) is 0. The van der Waals surface area contributed by atoms with E-state index in [1.807, 2.05) is 47.3 Å². The van der Waals surface area contributed by atoms with E-state index in [4.69, 9.17) is 4.78 Å². The molecule has 0 amide bonds. The summed E-state index contributed by atoms with van der Waals surface area (Å²) in [4.78, 5) is 0. The average Bonchev–Trinajstić information content (AvgIpc) is 2.02. The van der Waals surface area contributed by atoms with E-state index in [-0.39, 0.29) is 0 Å². The minimum Gasteiger partial charge on any atom is -0.272 e. The van der Waals surface area contributed by atoms with Gasteiger partial charge in [-0.2, -0.15) is 0 Å². The molecule has 0 bridgehead atoms. The van der Waals surface area contributed by atoms with Gasteiger partial charge in [0.25, 0.3) is 0 Å². The molecule has 0 radical (unpaired) electrons. The fourth-order valence-electron chi connectivity index (χ4n) is 0.562. The maximum Gasteiger partial charge on any atom is -0.0141 e. The number of hydrogen-bond donors (Lipinski definition) is 1. The van der Waals surface area contributed by atoms with Crippen molar-refractivity contribution in [2.24, 2.45) is 0 Å². The van der Waals surface area contributed by atoms with Crippen molar-refractivity contribution in [3.63, 3.8) is 0 Å². The van der Waals surface area contributed by atoms with Gasteiger partial charge < -0.3 is 0 Å². The first-order valence-corrected chi connectivity index (χ1v) is 4.36. The normalized spacial score (nSPS) is 23.8. The third kappa shape index (κ3) is 2.60. The number of rotatable bonds is 0. The first kappa shape index (κ1) is 7.22. The van der Waals surface area contributed by atoms with E-state index < -0.39 is 10.7 Å². The Morgan fingerprint density at radius 1 is 0.700 bits per heavy atom. The maximum absolute atomic E-state index is 7.39. The average molecular weight is 151 g/mol. The Morgan fingerprint density at radius 3 is 1.60 bits per heavy atom. The second kappa shape index (κ2) is 4.01. The highest BCUT2D eigenvalue weighted by atomic mass is 32.2. The molecule has 52 valence electrons. The van der Waals surface area contributed by atoms with Crippen LogP contribution in [-0.2, 0) is 10.7 Å². The van der Waals surface area contributed by atoms with Crippen LogP contribution >= 0.6 is 0 Å². The molecule has 0 atom stereocenters. The Balaban J connectivity index is 2.80. The van der Waals surface area contributed by atoms with Crippen LogP contribution in [0, 0.1) is 4.78 Å². The fraction of sp³-hybridized carbons (Fsp3) is 0. The molecule has 1 heterocycles. The molecule has 0 aromatic rings. The summed E-state index contributed by atoms with van der Waals surface area (Å²) in [6, 6.07) is 0. The van der Waals surface area contributed by atoms with Gasteiger partial charge in [-0.1, -0.05) is 47.1 Å². The van der Waals surface area contributed by atoms with Gasteiger partial charge in [-0.25, -0.2) is 0 Å². The summed E-state index contributed by atoms with van der Waals surface area (Å²) in [6.07, 6.45) is 11.6. The number of hydrogen-bond acceptors (Lipinski definition) is 1. The van der Waals surface area contributed by atoms with E-state index in [0.717, 1.165) is 0 Å². The quantitative estimate of drug-likeness (QED) is 0.550. The predicted octanol–water partition coefficient (Wildman–Crippen LogP) is 2.52. The third-order valence-corrected chi connectivity index (χ3v) is 1.91. The van der Waals surface area contributed by atoms with E-state index >= 15 is 0 Å². The van der Waals surface area contributed by atoms with Crippen LogP contribution in [0.25, 0.3) is 0 Å². The van der Waals surface area contributed by atoms with Gasteiger partial charge in [0, 0.05) is 0 Å². The van der Waals surface area contributed by atoms with Gasteiger partial charge in [0.1, 0.15) is 0 Å². The van der Waals surface area contributed by atoms with Gasteiger partial charge in [-0.15, -0.1) is 0 Å². The molecule has 10 heavy (non-hydrogen) atoms. The van der Waals surface area contributed by atoms with Crippen molar-refractivity contribution >= 4 is 10.7 Å². The molecule has 0 saturated carbocycles. The molecule has 0 aliphatic carbocycles. The molecular weight excluding hydrogens is 142 g/mol. The molecule has 1 aliphatic heterocycles. The first-order valence-electron chi connectivity index (χ1n) is 3.01. The van der Waals surface area contributed by atoms with Crippen LogP contribution in [0.1, 0.15) is 0 Å². The third-order valence-electron chi connectivity index (χ3n) is 1.01. The van der Waals surface area contributed by atoms with Gasteiger partial charge in [0.15, 0.2) is 0 Å². The Bertz CT molecular complexity index is 210. The second-order valence-electron chi connectivity index (χ2n) is 1.80. The van der Waals surface area contributed by atoms with Crippen molar-refractivity contribution in [1.29, 1.82) is 4.78 Å². The van der Waals surface area contributed by atoms with Crippen molar-refractivity contribution in [2.45, 2.75) is 0 Å². The Labute approximate surface area is 63.3 Å². The zero-order valence-electron chi connectivity index (χ0n) is 5.53. The van der Waals surface area contributed by atoms with Crippen LogP contribution in [0.2, 0.25) is 0 Å². The largest absolute Gasteiger partial charge is 0.272 e. The summed E-state index contributed by atoms with van der Waals surface area (Å²) < 4.78 is 7.39. The molecule has 0 saturated heterocycles. The smallest absolute Gasteiger partial charge is 0.0141 e. The summed E-state index contributed by atoms with van der Waals surface area (Å²) in [6.45, 7) is 0. The SMILES string of the molecule is N=S1C=CC=CC=CC=C1. The second-order valence-corrected chi connectivity index (χ2v) is 3.09. The van der Waals surface area contributed by atoms with Crippen molar-refractivity contribution in [3.05, 3.63) is 47.3 Å². The van der Waals surface area contributed by atoms with Crippen LogP contribution in [0.3, 0.4) is 0 Å². The van der Waals surface area contributed by atoms with E-state index in [0.29, 0.717) is 0 Å². The monoisotopic (exact) mass is 151 g/mol. The van der Waals surface area contributed by atoms with E-state index in [9.17, 15) is 0 Å². The van der Waals surface area contributed by atoms with Crippen molar-refractivity contribution in [3.8, 4) is 0 Å². The Morgan fingerprint density at radius 2 is 1.10 bits per heavy atom. The van der Waals surface area contributed by atoms with Gasteiger partial charge in [-0.05, 0) is 10.8 Å². The van der Waals surface area contributed by atoms with Crippen LogP contribution in [-0.4, -0.2) is 0 Å². The summed E-state index contributed by atoms with van der Waals surface area (Å²) in [5.74, 6) is 0. The van der Waals surface area contributed by atoms with Crippen LogP contribution in [0.15, 0.2) is 47.3 Å².